The van der Waals surface area contributed by atoms with Crippen LogP contribution in [0.25, 0.3) is 11.1 Å². The van der Waals surface area contributed by atoms with Crippen LogP contribution in [0.4, 0.5) is 0 Å². The zero-order valence-corrected chi connectivity index (χ0v) is 9.93. The fourth-order valence-electron chi connectivity index (χ4n) is 1.81. The van der Waals surface area contributed by atoms with Gasteiger partial charge in [-0.1, -0.05) is 43.3 Å². The van der Waals surface area contributed by atoms with E-state index in [2.05, 4.69) is 31.2 Å². The second-order valence-electron chi connectivity index (χ2n) is 4.18. The summed E-state index contributed by atoms with van der Waals surface area (Å²) < 4.78 is 0. The van der Waals surface area contributed by atoms with Crippen LogP contribution in [-0.4, -0.2) is 5.11 Å². The summed E-state index contributed by atoms with van der Waals surface area (Å²) in [7, 11) is 0. The molecule has 2 aromatic rings. The Hall–Kier alpha value is -1.80. The van der Waals surface area contributed by atoms with Crippen LogP contribution in [0.2, 0.25) is 0 Å². The molecule has 17 heavy (non-hydrogen) atoms. The maximum atomic E-state index is 9.24. The fourth-order valence-corrected chi connectivity index (χ4v) is 1.81. The van der Waals surface area contributed by atoms with E-state index in [0.29, 0.717) is 5.75 Å². The highest BCUT2D eigenvalue weighted by Gasteiger charge is 2.03. The molecule has 0 aliphatic heterocycles. The van der Waals surface area contributed by atoms with Gasteiger partial charge in [0, 0.05) is 6.04 Å². The van der Waals surface area contributed by atoms with Crippen LogP contribution in [0.5, 0.6) is 5.75 Å². The molecule has 0 fully saturated rings. The lowest BCUT2D eigenvalue weighted by Gasteiger charge is -2.10. The highest BCUT2D eigenvalue weighted by molar-refractivity contribution is 5.64. The lowest BCUT2D eigenvalue weighted by Crippen LogP contribution is -2.07. The van der Waals surface area contributed by atoms with Crippen molar-refractivity contribution in [2.24, 2.45) is 5.73 Å². The first-order valence-corrected chi connectivity index (χ1v) is 5.85. The van der Waals surface area contributed by atoms with E-state index in [1.807, 2.05) is 12.1 Å². The Balaban J connectivity index is 2.26. The summed E-state index contributed by atoms with van der Waals surface area (Å²) in [6.07, 6.45) is 0.943. The SMILES string of the molecule is CCC(N)c1ccc(-c2ccc(O)cc2)cc1. The van der Waals surface area contributed by atoms with Gasteiger partial charge in [0.25, 0.3) is 0 Å². The van der Waals surface area contributed by atoms with Crippen LogP contribution in [0.1, 0.15) is 24.9 Å². The van der Waals surface area contributed by atoms with Gasteiger partial charge in [0.1, 0.15) is 5.75 Å². The quantitative estimate of drug-likeness (QED) is 0.843. The molecular formula is C15H17NO. The minimum Gasteiger partial charge on any atom is -0.508 e. The minimum absolute atomic E-state index is 0.115. The van der Waals surface area contributed by atoms with Gasteiger partial charge in [-0.2, -0.15) is 0 Å². The summed E-state index contributed by atoms with van der Waals surface area (Å²) in [5.41, 5.74) is 9.36. The average molecular weight is 227 g/mol. The van der Waals surface area contributed by atoms with Gasteiger partial charge >= 0.3 is 0 Å². The molecule has 2 rings (SSSR count). The summed E-state index contributed by atoms with van der Waals surface area (Å²) in [5, 5.41) is 9.24. The summed E-state index contributed by atoms with van der Waals surface area (Å²) in [4.78, 5) is 0. The number of rotatable bonds is 3. The number of hydrogen-bond acceptors (Lipinski definition) is 2. The van der Waals surface area contributed by atoms with Crippen LogP contribution < -0.4 is 5.73 Å². The highest BCUT2D eigenvalue weighted by atomic mass is 16.3. The predicted octanol–water partition coefficient (Wildman–Crippen LogP) is 3.47. The first-order chi connectivity index (χ1) is 8.20. The second kappa shape index (κ2) is 5.02. The van der Waals surface area contributed by atoms with Crippen molar-refractivity contribution in [1.82, 2.24) is 0 Å². The Bertz CT molecular complexity index is 473. The molecule has 2 nitrogen and oxygen atoms in total. The molecular weight excluding hydrogens is 210 g/mol. The van der Waals surface area contributed by atoms with Crippen LogP contribution in [0.3, 0.4) is 0 Å². The maximum absolute atomic E-state index is 9.24. The molecule has 0 heterocycles. The van der Waals surface area contributed by atoms with Crippen LogP contribution in [-0.2, 0) is 0 Å². The van der Waals surface area contributed by atoms with Gasteiger partial charge in [-0.15, -0.1) is 0 Å². The predicted molar refractivity (Wildman–Crippen MR) is 70.8 cm³/mol. The smallest absolute Gasteiger partial charge is 0.115 e. The van der Waals surface area contributed by atoms with Gasteiger partial charge in [-0.05, 0) is 35.2 Å². The van der Waals surface area contributed by atoms with E-state index >= 15 is 0 Å². The minimum atomic E-state index is 0.115. The van der Waals surface area contributed by atoms with Crippen molar-refractivity contribution in [1.29, 1.82) is 0 Å². The van der Waals surface area contributed by atoms with Crippen molar-refractivity contribution in [3.8, 4) is 16.9 Å². The summed E-state index contributed by atoms with van der Waals surface area (Å²) in [6, 6.07) is 15.6. The number of aromatic hydroxyl groups is 1. The molecule has 0 radical (unpaired) electrons. The topological polar surface area (TPSA) is 46.2 Å². The van der Waals surface area contributed by atoms with Crippen molar-refractivity contribution >= 4 is 0 Å². The van der Waals surface area contributed by atoms with Crippen LogP contribution >= 0.6 is 0 Å². The first-order valence-electron chi connectivity index (χ1n) is 5.85. The zero-order chi connectivity index (χ0) is 12.3. The van der Waals surface area contributed by atoms with Crippen LogP contribution in [0.15, 0.2) is 48.5 Å². The largest absolute Gasteiger partial charge is 0.508 e. The Morgan fingerprint density at radius 3 is 1.88 bits per heavy atom. The molecule has 0 amide bonds. The Kier molecular flexibility index (Phi) is 3.45. The van der Waals surface area contributed by atoms with E-state index in [9.17, 15) is 5.11 Å². The van der Waals surface area contributed by atoms with Gasteiger partial charge < -0.3 is 10.8 Å². The maximum Gasteiger partial charge on any atom is 0.115 e. The van der Waals surface area contributed by atoms with E-state index < -0.39 is 0 Å². The van der Waals surface area contributed by atoms with Gasteiger partial charge in [0.05, 0.1) is 0 Å². The second-order valence-corrected chi connectivity index (χ2v) is 4.18. The first kappa shape index (κ1) is 11.7. The summed E-state index contributed by atoms with van der Waals surface area (Å²) in [5.74, 6) is 0.290. The van der Waals surface area contributed by atoms with Gasteiger partial charge in [-0.3, -0.25) is 0 Å². The average Bonchev–Trinajstić information content (AvgIpc) is 2.39. The standard InChI is InChI=1S/C15H17NO/c1-2-15(16)13-5-3-11(4-6-13)12-7-9-14(17)10-8-12/h3-10,15,17H,2,16H2,1H3. The Morgan fingerprint density at radius 2 is 1.41 bits per heavy atom. The molecule has 1 unspecified atom stereocenters. The number of benzene rings is 2. The van der Waals surface area contributed by atoms with Gasteiger partial charge in [0.2, 0.25) is 0 Å². The molecule has 88 valence electrons. The number of hydrogen-bond donors (Lipinski definition) is 2. The molecule has 0 spiro atoms. The molecule has 0 aromatic heterocycles. The van der Waals surface area contributed by atoms with E-state index in [-0.39, 0.29) is 6.04 Å². The summed E-state index contributed by atoms with van der Waals surface area (Å²) >= 11 is 0. The summed E-state index contributed by atoms with van der Waals surface area (Å²) in [6.45, 7) is 2.08. The van der Waals surface area contributed by atoms with Crippen molar-refractivity contribution in [3.63, 3.8) is 0 Å². The fraction of sp³-hybridized carbons (Fsp3) is 0.200. The van der Waals surface area contributed by atoms with E-state index in [4.69, 9.17) is 5.73 Å². The van der Waals surface area contributed by atoms with Crippen LogP contribution in [0, 0.1) is 0 Å². The third kappa shape index (κ3) is 2.66. The molecule has 1 atom stereocenters. The van der Waals surface area contributed by atoms with Crippen molar-refractivity contribution in [2.75, 3.05) is 0 Å². The van der Waals surface area contributed by atoms with E-state index in [0.717, 1.165) is 23.1 Å². The lowest BCUT2D eigenvalue weighted by molar-refractivity contribution is 0.475. The number of nitrogens with two attached hydrogens (primary N) is 1. The number of phenols is 1. The number of phenolic OH excluding ortho intramolecular Hbond substituents is 1. The van der Waals surface area contributed by atoms with Crippen molar-refractivity contribution in [2.45, 2.75) is 19.4 Å². The molecule has 0 saturated heterocycles. The molecule has 3 N–H and O–H groups in total. The third-order valence-electron chi connectivity index (χ3n) is 2.98. The molecule has 0 aliphatic carbocycles. The molecule has 0 saturated carbocycles. The lowest BCUT2D eigenvalue weighted by atomic mass is 10.00. The highest BCUT2D eigenvalue weighted by Crippen LogP contribution is 2.23. The molecule has 0 bridgehead atoms. The molecule has 2 heteroatoms. The molecule has 2 aromatic carbocycles. The van der Waals surface area contributed by atoms with E-state index in [1.165, 1.54) is 0 Å². The van der Waals surface area contributed by atoms with Crippen molar-refractivity contribution in [3.05, 3.63) is 54.1 Å². The van der Waals surface area contributed by atoms with Crippen molar-refractivity contribution < 1.29 is 5.11 Å². The normalized spacial score (nSPS) is 12.4. The molecule has 0 aliphatic rings. The third-order valence-corrected chi connectivity index (χ3v) is 2.98. The van der Waals surface area contributed by atoms with E-state index in [1.54, 1.807) is 12.1 Å². The van der Waals surface area contributed by atoms with Gasteiger partial charge in [-0.25, -0.2) is 0 Å². The zero-order valence-electron chi connectivity index (χ0n) is 9.93. The Morgan fingerprint density at radius 1 is 0.941 bits per heavy atom. The monoisotopic (exact) mass is 227 g/mol. The van der Waals surface area contributed by atoms with Gasteiger partial charge in [0.15, 0.2) is 0 Å². The Labute approximate surface area is 102 Å².